The lowest BCUT2D eigenvalue weighted by Gasteiger charge is -2.46. The lowest BCUT2D eigenvalue weighted by atomic mass is 9.92. The fourth-order valence-corrected chi connectivity index (χ4v) is 3.14. The third-order valence-corrected chi connectivity index (χ3v) is 4.05. The molecule has 2 fully saturated rings. The Kier molecular flexibility index (Phi) is 3.65. The molecule has 3 nitrogen and oxygen atoms in total. The number of hydrogen-bond acceptors (Lipinski definition) is 3. The van der Waals surface area contributed by atoms with Gasteiger partial charge in [0.2, 0.25) is 0 Å². The third-order valence-electron chi connectivity index (χ3n) is 4.05. The summed E-state index contributed by atoms with van der Waals surface area (Å²) in [5, 5.41) is 3.49. The summed E-state index contributed by atoms with van der Waals surface area (Å²) in [4.78, 5) is 5.19. The van der Waals surface area contributed by atoms with Crippen molar-refractivity contribution in [1.29, 1.82) is 0 Å². The number of rotatable bonds is 1. The molecule has 15 heavy (non-hydrogen) atoms. The average Bonchev–Trinajstić information content (AvgIpc) is 2.20. The SMILES string of the molecule is CC1CNCCC1N1CCN(C)CC1C. The maximum Gasteiger partial charge on any atom is 0.0198 e. The van der Waals surface area contributed by atoms with E-state index in [0.29, 0.717) is 0 Å². The van der Waals surface area contributed by atoms with Gasteiger partial charge in [-0.25, -0.2) is 0 Å². The van der Waals surface area contributed by atoms with Gasteiger partial charge in [-0.2, -0.15) is 0 Å². The van der Waals surface area contributed by atoms with Crippen LogP contribution in [0.15, 0.2) is 0 Å². The molecule has 2 aliphatic rings. The van der Waals surface area contributed by atoms with Crippen molar-refractivity contribution in [2.45, 2.75) is 32.4 Å². The van der Waals surface area contributed by atoms with E-state index in [0.717, 1.165) is 18.0 Å². The molecule has 0 aromatic heterocycles. The van der Waals surface area contributed by atoms with Crippen molar-refractivity contribution in [3.05, 3.63) is 0 Å². The summed E-state index contributed by atoms with van der Waals surface area (Å²) < 4.78 is 0. The van der Waals surface area contributed by atoms with Gasteiger partial charge >= 0.3 is 0 Å². The van der Waals surface area contributed by atoms with E-state index in [4.69, 9.17) is 0 Å². The molecule has 1 N–H and O–H groups in total. The largest absolute Gasteiger partial charge is 0.316 e. The van der Waals surface area contributed by atoms with Crippen molar-refractivity contribution in [2.75, 3.05) is 39.8 Å². The number of hydrogen-bond donors (Lipinski definition) is 1. The smallest absolute Gasteiger partial charge is 0.0198 e. The third kappa shape index (κ3) is 2.52. The van der Waals surface area contributed by atoms with E-state index >= 15 is 0 Å². The van der Waals surface area contributed by atoms with Crippen LogP contribution in [0.3, 0.4) is 0 Å². The summed E-state index contributed by atoms with van der Waals surface area (Å²) in [6, 6.07) is 1.55. The van der Waals surface area contributed by atoms with Crippen molar-refractivity contribution in [3.63, 3.8) is 0 Å². The monoisotopic (exact) mass is 211 g/mol. The summed E-state index contributed by atoms with van der Waals surface area (Å²) in [6.45, 7) is 10.9. The molecular weight excluding hydrogens is 186 g/mol. The molecule has 0 radical (unpaired) electrons. The molecule has 2 rings (SSSR count). The highest BCUT2D eigenvalue weighted by Crippen LogP contribution is 2.22. The molecule has 0 spiro atoms. The van der Waals surface area contributed by atoms with Crippen LogP contribution in [-0.2, 0) is 0 Å². The molecular formula is C12H25N3. The predicted molar refractivity (Wildman–Crippen MR) is 64.1 cm³/mol. The van der Waals surface area contributed by atoms with Crippen LogP contribution in [0.2, 0.25) is 0 Å². The number of piperazine rings is 1. The van der Waals surface area contributed by atoms with E-state index in [9.17, 15) is 0 Å². The van der Waals surface area contributed by atoms with Gasteiger partial charge < -0.3 is 10.2 Å². The van der Waals surface area contributed by atoms with Gasteiger partial charge in [-0.15, -0.1) is 0 Å². The molecule has 3 heteroatoms. The maximum atomic E-state index is 3.49. The van der Waals surface area contributed by atoms with E-state index in [1.54, 1.807) is 0 Å². The second kappa shape index (κ2) is 4.81. The van der Waals surface area contributed by atoms with E-state index in [1.807, 2.05) is 0 Å². The molecule has 2 saturated heterocycles. The molecule has 0 aromatic carbocycles. The Balaban J connectivity index is 1.96. The van der Waals surface area contributed by atoms with Crippen molar-refractivity contribution in [2.24, 2.45) is 5.92 Å². The summed E-state index contributed by atoms with van der Waals surface area (Å²) in [5.41, 5.74) is 0. The molecule has 3 atom stereocenters. The van der Waals surface area contributed by atoms with Crippen LogP contribution in [0.1, 0.15) is 20.3 Å². The number of likely N-dealkylation sites (N-methyl/N-ethyl adjacent to an activating group) is 1. The average molecular weight is 211 g/mol. The zero-order valence-corrected chi connectivity index (χ0v) is 10.4. The minimum atomic E-state index is 0.731. The van der Waals surface area contributed by atoms with Gasteiger partial charge in [0.15, 0.2) is 0 Å². The molecule has 2 aliphatic heterocycles. The standard InChI is InChI=1S/C12H25N3/c1-10-8-13-5-4-12(10)15-7-6-14(3)9-11(15)2/h10-13H,4-9H2,1-3H3. The van der Waals surface area contributed by atoms with Crippen LogP contribution in [0.5, 0.6) is 0 Å². The van der Waals surface area contributed by atoms with E-state index in [1.165, 1.54) is 39.1 Å². The molecule has 0 bridgehead atoms. The fourth-order valence-electron chi connectivity index (χ4n) is 3.14. The van der Waals surface area contributed by atoms with Gasteiger partial charge in [-0.05, 0) is 39.4 Å². The molecule has 0 amide bonds. The first kappa shape index (κ1) is 11.4. The number of nitrogens with one attached hydrogen (secondary N) is 1. The quantitative estimate of drug-likeness (QED) is 0.686. The van der Waals surface area contributed by atoms with E-state index < -0.39 is 0 Å². The van der Waals surface area contributed by atoms with Crippen molar-refractivity contribution in [1.82, 2.24) is 15.1 Å². The zero-order valence-electron chi connectivity index (χ0n) is 10.4. The molecule has 2 heterocycles. The Hall–Kier alpha value is -0.120. The first-order chi connectivity index (χ1) is 7.18. The van der Waals surface area contributed by atoms with Gasteiger partial charge in [-0.3, -0.25) is 4.90 Å². The Bertz CT molecular complexity index is 207. The highest BCUT2D eigenvalue weighted by Gasteiger charge is 2.32. The second-order valence-electron chi connectivity index (χ2n) is 5.39. The van der Waals surface area contributed by atoms with Gasteiger partial charge in [0, 0.05) is 31.7 Å². The molecule has 3 unspecified atom stereocenters. The Labute approximate surface area is 93.8 Å². The van der Waals surface area contributed by atoms with Crippen molar-refractivity contribution >= 4 is 0 Å². The number of piperidine rings is 1. The van der Waals surface area contributed by atoms with E-state index in [2.05, 4.69) is 36.0 Å². The number of nitrogens with zero attached hydrogens (tertiary/aromatic N) is 2. The summed E-state index contributed by atoms with van der Waals surface area (Å²) in [6.07, 6.45) is 1.33. The molecule has 0 aromatic rings. The van der Waals surface area contributed by atoms with Crippen molar-refractivity contribution in [3.8, 4) is 0 Å². The summed E-state index contributed by atoms with van der Waals surface area (Å²) in [7, 11) is 2.24. The van der Waals surface area contributed by atoms with Crippen LogP contribution in [0.4, 0.5) is 0 Å². The summed E-state index contributed by atoms with van der Waals surface area (Å²) in [5.74, 6) is 0.810. The molecule has 0 aliphatic carbocycles. The van der Waals surface area contributed by atoms with Crippen LogP contribution in [-0.4, -0.2) is 61.7 Å². The van der Waals surface area contributed by atoms with Gasteiger partial charge in [0.05, 0.1) is 0 Å². The van der Waals surface area contributed by atoms with Gasteiger partial charge in [0.25, 0.3) is 0 Å². The lowest BCUT2D eigenvalue weighted by molar-refractivity contribution is 0.0276. The maximum absolute atomic E-state index is 3.49. The predicted octanol–water partition coefficient (Wildman–Crippen LogP) is 0.620. The molecule has 0 saturated carbocycles. The van der Waals surface area contributed by atoms with Gasteiger partial charge in [0.1, 0.15) is 0 Å². The normalized spacial score (nSPS) is 40.6. The van der Waals surface area contributed by atoms with Gasteiger partial charge in [-0.1, -0.05) is 6.92 Å². The fraction of sp³-hybridized carbons (Fsp3) is 1.00. The highest BCUT2D eigenvalue weighted by atomic mass is 15.3. The van der Waals surface area contributed by atoms with E-state index in [-0.39, 0.29) is 0 Å². The minimum Gasteiger partial charge on any atom is -0.316 e. The summed E-state index contributed by atoms with van der Waals surface area (Å²) >= 11 is 0. The lowest BCUT2D eigenvalue weighted by Crippen LogP contribution is -2.58. The van der Waals surface area contributed by atoms with Crippen LogP contribution in [0.25, 0.3) is 0 Å². The topological polar surface area (TPSA) is 18.5 Å². The Morgan fingerprint density at radius 3 is 2.67 bits per heavy atom. The minimum absolute atomic E-state index is 0.731. The van der Waals surface area contributed by atoms with Crippen LogP contribution >= 0.6 is 0 Å². The second-order valence-corrected chi connectivity index (χ2v) is 5.39. The zero-order chi connectivity index (χ0) is 10.8. The first-order valence-electron chi connectivity index (χ1n) is 6.33. The van der Waals surface area contributed by atoms with Crippen LogP contribution < -0.4 is 5.32 Å². The molecule has 88 valence electrons. The Morgan fingerprint density at radius 1 is 1.20 bits per heavy atom. The first-order valence-corrected chi connectivity index (χ1v) is 6.33. The Morgan fingerprint density at radius 2 is 2.00 bits per heavy atom. The highest BCUT2D eigenvalue weighted by molar-refractivity contribution is 4.89. The van der Waals surface area contributed by atoms with Crippen molar-refractivity contribution < 1.29 is 0 Å². The van der Waals surface area contributed by atoms with Crippen LogP contribution in [0, 0.1) is 5.92 Å².